The van der Waals surface area contributed by atoms with Gasteiger partial charge in [0.2, 0.25) is 0 Å². The van der Waals surface area contributed by atoms with Crippen LogP contribution in [0.5, 0.6) is 11.5 Å². The van der Waals surface area contributed by atoms with Crippen LogP contribution in [0.2, 0.25) is 0 Å². The predicted molar refractivity (Wildman–Crippen MR) is 130 cm³/mol. The molecule has 6 nitrogen and oxygen atoms in total. The van der Waals surface area contributed by atoms with Crippen molar-refractivity contribution in [3.63, 3.8) is 0 Å². The number of aliphatic imine (C=N–C) groups is 1. The van der Waals surface area contributed by atoms with E-state index >= 15 is 0 Å². The summed E-state index contributed by atoms with van der Waals surface area (Å²) in [6.07, 6.45) is 2.56. The van der Waals surface area contributed by atoms with Gasteiger partial charge in [0.1, 0.15) is 17.6 Å². The van der Waals surface area contributed by atoms with Crippen molar-refractivity contribution in [1.82, 2.24) is 10.6 Å². The molecule has 1 heterocycles. The van der Waals surface area contributed by atoms with Gasteiger partial charge >= 0.3 is 0 Å². The Labute approximate surface area is 193 Å². The minimum Gasteiger partial charge on any atom is -0.497 e. The maximum atomic E-state index is 6.07. The number of halogens is 1. The lowest BCUT2D eigenvalue weighted by Crippen LogP contribution is -2.48. The minimum absolute atomic E-state index is 0. The van der Waals surface area contributed by atoms with E-state index in [-0.39, 0.29) is 41.6 Å². The summed E-state index contributed by atoms with van der Waals surface area (Å²) in [5.41, 5.74) is 0.142. The highest BCUT2D eigenvalue weighted by Gasteiger charge is 2.35. The van der Waals surface area contributed by atoms with Crippen LogP contribution >= 0.6 is 24.0 Å². The van der Waals surface area contributed by atoms with Gasteiger partial charge in [-0.3, -0.25) is 4.99 Å². The Morgan fingerprint density at radius 3 is 2.66 bits per heavy atom. The highest BCUT2D eigenvalue weighted by molar-refractivity contribution is 14.0. The van der Waals surface area contributed by atoms with Gasteiger partial charge in [0.25, 0.3) is 0 Å². The van der Waals surface area contributed by atoms with Crippen molar-refractivity contribution in [1.29, 1.82) is 0 Å². The van der Waals surface area contributed by atoms with Crippen molar-refractivity contribution in [2.75, 3.05) is 33.9 Å². The van der Waals surface area contributed by atoms with E-state index in [0.29, 0.717) is 12.5 Å². The third-order valence-electron chi connectivity index (χ3n) is 4.99. The summed E-state index contributed by atoms with van der Waals surface area (Å²) in [5, 5.41) is 6.82. The van der Waals surface area contributed by atoms with Gasteiger partial charge < -0.3 is 24.8 Å². The highest BCUT2D eigenvalue weighted by atomic mass is 127. The molecule has 3 atom stereocenters. The second kappa shape index (κ2) is 12.5. The molecule has 166 valence electrons. The fourth-order valence-electron chi connectivity index (χ4n) is 3.65. The second-order valence-electron chi connectivity index (χ2n) is 8.50. The maximum absolute atomic E-state index is 6.07. The quantitative estimate of drug-likeness (QED) is 0.323. The van der Waals surface area contributed by atoms with Crippen molar-refractivity contribution >= 4 is 29.9 Å². The average molecular weight is 519 g/mol. The average Bonchev–Trinajstić information content (AvgIpc) is 2.67. The van der Waals surface area contributed by atoms with Crippen LogP contribution in [0, 0.1) is 11.3 Å². The zero-order valence-corrected chi connectivity index (χ0v) is 21.0. The third kappa shape index (κ3) is 8.58. The van der Waals surface area contributed by atoms with Crippen molar-refractivity contribution in [3.8, 4) is 11.5 Å². The SMILES string of the molecule is CN=C(NCC(C)Oc1cccc(OC)c1)NCC1CCCOC1C(C)(C)C.I. The monoisotopic (exact) mass is 519 g/mol. The van der Waals surface area contributed by atoms with E-state index in [1.54, 1.807) is 14.2 Å². The number of nitrogens with one attached hydrogen (secondary N) is 2. The molecule has 1 aliphatic rings. The van der Waals surface area contributed by atoms with E-state index in [1.165, 1.54) is 6.42 Å². The molecule has 0 amide bonds. The summed E-state index contributed by atoms with van der Waals surface area (Å²) in [4.78, 5) is 4.34. The van der Waals surface area contributed by atoms with Crippen molar-refractivity contribution in [2.24, 2.45) is 16.3 Å². The van der Waals surface area contributed by atoms with Gasteiger partial charge in [0.15, 0.2) is 5.96 Å². The topological polar surface area (TPSA) is 64.1 Å². The van der Waals surface area contributed by atoms with Gasteiger partial charge in [-0.05, 0) is 37.3 Å². The maximum Gasteiger partial charge on any atom is 0.191 e. The lowest BCUT2D eigenvalue weighted by Gasteiger charge is -2.40. The van der Waals surface area contributed by atoms with E-state index in [0.717, 1.165) is 37.0 Å². The van der Waals surface area contributed by atoms with Crippen LogP contribution in [-0.2, 0) is 4.74 Å². The van der Waals surface area contributed by atoms with Crippen LogP contribution in [0.1, 0.15) is 40.5 Å². The van der Waals surface area contributed by atoms with Crippen molar-refractivity contribution in [3.05, 3.63) is 24.3 Å². The van der Waals surface area contributed by atoms with Gasteiger partial charge in [-0.15, -0.1) is 24.0 Å². The fourth-order valence-corrected chi connectivity index (χ4v) is 3.65. The minimum atomic E-state index is -0.00834. The molecule has 0 bridgehead atoms. The fraction of sp³-hybridized carbons (Fsp3) is 0.682. The van der Waals surface area contributed by atoms with Crippen LogP contribution in [0.15, 0.2) is 29.3 Å². The van der Waals surface area contributed by atoms with Crippen molar-refractivity contribution < 1.29 is 14.2 Å². The first-order valence-corrected chi connectivity index (χ1v) is 10.2. The Bertz CT molecular complexity index is 634. The smallest absolute Gasteiger partial charge is 0.191 e. The molecule has 0 spiro atoms. The van der Waals surface area contributed by atoms with Crippen LogP contribution in [0.4, 0.5) is 0 Å². The first-order chi connectivity index (χ1) is 13.3. The van der Waals surface area contributed by atoms with Gasteiger partial charge in [0.05, 0.1) is 19.8 Å². The van der Waals surface area contributed by atoms with E-state index in [9.17, 15) is 0 Å². The molecule has 1 aliphatic heterocycles. The van der Waals surface area contributed by atoms with E-state index < -0.39 is 0 Å². The van der Waals surface area contributed by atoms with Crippen LogP contribution < -0.4 is 20.1 Å². The van der Waals surface area contributed by atoms with Gasteiger partial charge in [-0.1, -0.05) is 26.8 Å². The van der Waals surface area contributed by atoms with Gasteiger partial charge in [-0.25, -0.2) is 0 Å². The standard InChI is InChI=1S/C22H37N3O3.HI/c1-16(28-19-11-7-10-18(13-19)26-6)14-24-21(23-5)25-15-17-9-8-12-27-20(17)22(2,3)4;/h7,10-11,13,16-17,20H,8-9,12,14-15H2,1-6H3,(H2,23,24,25);1H. The summed E-state index contributed by atoms with van der Waals surface area (Å²) in [5.74, 6) is 2.86. The van der Waals surface area contributed by atoms with Gasteiger partial charge in [-0.2, -0.15) is 0 Å². The lowest BCUT2D eigenvalue weighted by molar-refractivity contribution is -0.0835. The number of ether oxygens (including phenoxy) is 3. The molecule has 7 heteroatoms. The largest absolute Gasteiger partial charge is 0.497 e. The summed E-state index contributed by atoms with van der Waals surface area (Å²) >= 11 is 0. The van der Waals surface area contributed by atoms with Crippen LogP contribution in [0.25, 0.3) is 0 Å². The third-order valence-corrected chi connectivity index (χ3v) is 4.99. The van der Waals surface area contributed by atoms with Crippen molar-refractivity contribution in [2.45, 2.75) is 52.7 Å². The normalized spacial score (nSPS) is 21.0. The molecule has 1 fully saturated rings. The molecule has 0 radical (unpaired) electrons. The predicted octanol–water partition coefficient (Wildman–Crippen LogP) is 4.09. The molecule has 1 saturated heterocycles. The first kappa shape index (κ1) is 25.8. The Hall–Kier alpha value is -1.22. The molecule has 0 aliphatic carbocycles. The van der Waals surface area contributed by atoms with Crippen LogP contribution in [-0.4, -0.2) is 52.0 Å². The number of guanidine groups is 1. The molecular weight excluding hydrogens is 481 g/mol. The summed E-state index contributed by atoms with van der Waals surface area (Å²) in [6, 6.07) is 7.65. The van der Waals surface area contributed by atoms with E-state index in [1.807, 2.05) is 31.2 Å². The summed E-state index contributed by atoms with van der Waals surface area (Å²) in [6.45, 7) is 11.2. The zero-order chi connectivity index (χ0) is 20.6. The second-order valence-corrected chi connectivity index (χ2v) is 8.50. The number of nitrogens with zero attached hydrogens (tertiary/aromatic N) is 1. The molecule has 3 unspecified atom stereocenters. The highest BCUT2D eigenvalue weighted by Crippen LogP contribution is 2.33. The first-order valence-electron chi connectivity index (χ1n) is 10.2. The molecule has 1 aromatic rings. The van der Waals surface area contributed by atoms with Gasteiger partial charge in [0, 0.05) is 32.2 Å². The number of hydrogen-bond acceptors (Lipinski definition) is 4. The lowest BCUT2D eigenvalue weighted by atomic mass is 9.78. The molecule has 2 N–H and O–H groups in total. The Kier molecular flexibility index (Phi) is 11.1. The number of benzene rings is 1. The molecule has 1 aromatic carbocycles. The Balaban J connectivity index is 0.00000420. The zero-order valence-electron chi connectivity index (χ0n) is 18.7. The van der Waals surface area contributed by atoms with Crippen LogP contribution in [0.3, 0.4) is 0 Å². The molecular formula is C22H38IN3O3. The number of rotatable bonds is 7. The molecule has 0 aromatic heterocycles. The summed E-state index contributed by atoms with van der Waals surface area (Å²) < 4.78 is 17.3. The number of hydrogen-bond donors (Lipinski definition) is 2. The Morgan fingerprint density at radius 2 is 2.00 bits per heavy atom. The van der Waals surface area contributed by atoms with E-state index in [4.69, 9.17) is 14.2 Å². The molecule has 29 heavy (non-hydrogen) atoms. The summed E-state index contributed by atoms with van der Waals surface area (Å²) in [7, 11) is 3.45. The molecule has 0 saturated carbocycles. The van der Waals surface area contributed by atoms with E-state index in [2.05, 4.69) is 36.4 Å². The Morgan fingerprint density at radius 1 is 1.28 bits per heavy atom. The number of methoxy groups -OCH3 is 1. The molecule has 2 rings (SSSR count).